The minimum atomic E-state index is 0.0661. The molecule has 2 aromatic rings. The number of piperidine rings is 1. The van der Waals surface area contributed by atoms with Crippen LogP contribution in [0.4, 0.5) is 6.01 Å². The second kappa shape index (κ2) is 9.36. The van der Waals surface area contributed by atoms with E-state index in [-0.39, 0.29) is 11.8 Å². The van der Waals surface area contributed by atoms with E-state index in [2.05, 4.69) is 20.4 Å². The van der Waals surface area contributed by atoms with Gasteiger partial charge in [-0.1, -0.05) is 24.4 Å². The molecule has 1 aliphatic carbocycles. The summed E-state index contributed by atoms with van der Waals surface area (Å²) in [5.41, 5.74) is 0.796. The summed E-state index contributed by atoms with van der Waals surface area (Å²) in [6, 6.07) is 6.38. The number of hydrogen-bond donors (Lipinski definition) is 1. The van der Waals surface area contributed by atoms with Gasteiger partial charge in [0, 0.05) is 30.6 Å². The first-order chi connectivity index (χ1) is 14.7. The number of rotatable bonds is 6. The van der Waals surface area contributed by atoms with Crippen LogP contribution in [0.2, 0.25) is 0 Å². The van der Waals surface area contributed by atoms with E-state index >= 15 is 0 Å². The maximum absolute atomic E-state index is 12.6. The molecule has 0 atom stereocenters. The number of benzene rings is 1. The van der Waals surface area contributed by atoms with Crippen molar-refractivity contribution in [2.24, 2.45) is 5.92 Å². The molecule has 2 fully saturated rings. The van der Waals surface area contributed by atoms with Crippen molar-refractivity contribution in [3.05, 3.63) is 18.2 Å². The van der Waals surface area contributed by atoms with Crippen LogP contribution in [0.3, 0.4) is 0 Å². The minimum absolute atomic E-state index is 0.0661. The summed E-state index contributed by atoms with van der Waals surface area (Å²) < 4.78 is 16.1. The number of hydrogen-bond acceptors (Lipinski definition) is 7. The largest absolute Gasteiger partial charge is 0.493 e. The van der Waals surface area contributed by atoms with E-state index in [4.69, 9.17) is 14.0 Å². The topological polar surface area (TPSA) is 89.7 Å². The third kappa shape index (κ3) is 4.52. The van der Waals surface area contributed by atoms with Gasteiger partial charge >= 0.3 is 6.01 Å². The zero-order valence-corrected chi connectivity index (χ0v) is 17.7. The van der Waals surface area contributed by atoms with Gasteiger partial charge in [-0.15, -0.1) is 0 Å². The Morgan fingerprint density at radius 1 is 1.07 bits per heavy atom. The van der Waals surface area contributed by atoms with Crippen LogP contribution in [0, 0.1) is 5.92 Å². The van der Waals surface area contributed by atoms with Crippen LogP contribution >= 0.6 is 0 Å². The van der Waals surface area contributed by atoms with Gasteiger partial charge in [0.15, 0.2) is 11.5 Å². The number of carbonyl (C=O) groups is 1. The first kappa shape index (κ1) is 20.5. The summed E-state index contributed by atoms with van der Waals surface area (Å²) in [5.74, 6) is 2.04. The maximum atomic E-state index is 12.6. The molecule has 1 amide bonds. The molecule has 30 heavy (non-hydrogen) atoms. The molecular formula is C22H30N4O4. The molecule has 162 valence electrons. The molecule has 1 saturated heterocycles. The lowest BCUT2D eigenvalue weighted by Crippen LogP contribution is -2.44. The molecule has 4 rings (SSSR count). The molecular weight excluding hydrogens is 384 g/mol. The fraction of sp³-hybridized carbons (Fsp3) is 0.591. The molecule has 0 bridgehead atoms. The van der Waals surface area contributed by atoms with Crippen LogP contribution in [0.25, 0.3) is 11.4 Å². The highest BCUT2D eigenvalue weighted by atomic mass is 16.5. The van der Waals surface area contributed by atoms with E-state index in [0.29, 0.717) is 29.4 Å². The third-order valence-electron chi connectivity index (χ3n) is 6.14. The Morgan fingerprint density at radius 3 is 2.50 bits per heavy atom. The van der Waals surface area contributed by atoms with Gasteiger partial charge in [0.2, 0.25) is 11.7 Å². The Morgan fingerprint density at radius 2 is 1.80 bits per heavy atom. The second-order valence-electron chi connectivity index (χ2n) is 8.08. The Balaban J connectivity index is 1.34. The lowest BCUT2D eigenvalue weighted by molar-refractivity contribution is -0.126. The maximum Gasteiger partial charge on any atom is 0.324 e. The molecule has 0 spiro atoms. The number of methoxy groups -OCH3 is 2. The average molecular weight is 415 g/mol. The number of nitrogens with zero attached hydrogens (tertiary/aromatic N) is 3. The Kier molecular flexibility index (Phi) is 6.40. The molecule has 1 saturated carbocycles. The molecule has 0 radical (unpaired) electrons. The van der Waals surface area contributed by atoms with E-state index in [1.54, 1.807) is 14.2 Å². The predicted molar refractivity (Wildman–Crippen MR) is 113 cm³/mol. The SMILES string of the molecule is COc1ccc(-c2noc(N3CCC(C(=O)NC4CCCCC4)CC3)n2)cc1OC. The van der Waals surface area contributed by atoms with E-state index in [1.165, 1.54) is 19.3 Å². The molecule has 1 N–H and O–H groups in total. The van der Waals surface area contributed by atoms with Crippen molar-refractivity contribution < 1.29 is 18.8 Å². The first-order valence-corrected chi connectivity index (χ1v) is 10.8. The summed E-state index contributed by atoms with van der Waals surface area (Å²) >= 11 is 0. The molecule has 1 aliphatic heterocycles. The summed E-state index contributed by atoms with van der Waals surface area (Å²) in [5, 5.41) is 7.38. The molecule has 1 aromatic heterocycles. The average Bonchev–Trinajstić information content (AvgIpc) is 3.29. The van der Waals surface area contributed by atoms with Crippen LogP contribution < -0.4 is 19.7 Å². The zero-order chi connectivity index (χ0) is 20.9. The van der Waals surface area contributed by atoms with Crippen molar-refractivity contribution in [1.82, 2.24) is 15.5 Å². The van der Waals surface area contributed by atoms with Gasteiger partial charge in [0.05, 0.1) is 14.2 Å². The van der Waals surface area contributed by atoms with E-state index < -0.39 is 0 Å². The normalized spacial score (nSPS) is 18.3. The van der Waals surface area contributed by atoms with Crippen molar-refractivity contribution >= 4 is 11.9 Å². The van der Waals surface area contributed by atoms with Crippen molar-refractivity contribution in [3.63, 3.8) is 0 Å². The molecule has 8 heteroatoms. The summed E-state index contributed by atoms with van der Waals surface area (Å²) in [6.45, 7) is 1.46. The molecule has 2 heterocycles. The molecule has 2 aliphatic rings. The predicted octanol–water partition coefficient (Wildman–Crippen LogP) is 3.42. The van der Waals surface area contributed by atoms with E-state index in [9.17, 15) is 4.79 Å². The first-order valence-electron chi connectivity index (χ1n) is 10.8. The summed E-state index contributed by atoms with van der Waals surface area (Å²) in [6.07, 6.45) is 7.57. The Bertz CT molecular complexity index is 855. The van der Waals surface area contributed by atoms with Gasteiger partial charge in [-0.05, 0) is 43.9 Å². The van der Waals surface area contributed by atoms with Gasteiger partial charge in [0.1, 0.15) is 0 Å². The number of carbonyl (C=O) groups excluding carboxylic acids is 1. The smallest absolute Gasteiger partial charge is 0.324 e. The lowest BCUT2D eigenvalue weighted by atomic mass is 9.92. The van der Waals surface area contributed by atoms with Gasteiger partial charge in [-0.2, -0.15) is 4.98 Å². The highest BCUT2D eigenvalue weighted by Gasteiger charge is 2.29. The van der Waals surface area contributed by atoms with Crippen LogP contribution in [0.1, 0.15) is 44.9 Å². The zero-order valence-electron chi connectivity index (χ0n) is 17.7. The van der Waals surface area contributed by atoms with Crippen LogP contribution in [0.5, 0.6) is 11.5 Å². The molecule has 0 unspecified atom stereocenters. The van der Waals surface area contributed by atoms with Gasteiger partial charge in [0.25, 0.3) is 0 Å². The number of anilines is 1. The number of ether oxygens (including phenoxy) is 2. The second-order valence-corrected chi connectivity index (χ2v) is 8.08. The quantitative estimate of drug-likeness (QED) is 0.775. The van der Waals surface area contributed by atoms with E-state index in [1.807, 2.05) is 18.2 Å². The Hall–Kier alpha value is -2.77. The van der Waals surface area contributed by atoms with Crippen LogP contribution in [-0.4, -0.2) is 49.4 Å². The van der Waals surface area contributed by atoms with Crippen LogP contribution in [0.15, 0.2) is 22.7 Å². The molecule has 8 nitrogen and oxygen atoms in total. The minimum Gasteiger partial charge on any atom is -0.493 e. The fourth-order valence-corrected chi connectivity index (χ4v) is 4.34. The summed E-state index contributed by atoms with van der Waals surface area (Å²) in [4.78, 5) is 19.2. The van der Waals surface area contributed by atoms with Gasteiger partial charge in [-0.25, -0.2) is 0 Å². The Labute approximate surface area is 176 Å². The van der Waals surface area contributed by atoms with Crippen molar-refractivity contribution in [2.75, 3.05) is 32.2 Å². The van der Waals surface area contributed by atoms with Gasteiger partial charge < -0.3 is 24.2 Å². The highest BCUT2D eigenvalue weighted by molar-refractivity contribution is 5.79. The fourth-order valence-electron chi connectivity index (χ4n) is 4.34. The molecule has 1 aromatic carbocycles. The van der Waals surface area contributed by atoms with Crippen molar-refractivity contribution in [2.45, 2.75) is 51.0 Å². The van der Waals surface area contributed by atoms with Gasteiger partial charge in [-0.3, -0.25) is 4.79 Å². The van der Waals surface area contributed by atoms with Crippen molar-refractivity contribution in [3.8, 4) is 22.9 Å². The summed E-state index contributed by atoms with van der Waals surface area (Å²) in [7, 11) is 3.20. The number of nitrogens with one attached hydrogen (secondary N) is 1. The number of amides is 1. The lowest BCUT2D eigenvalue weighted by Gasteiger charge is -2.31. The van der Waals surface area contributed by atoms with Crippen LogP contribution in [-0.2, 0) is 4.79 Å². The van der Waals surface area contributed by atoms with E-state index in [0.717, 1.165) is 44.3 Å². The third-order valence-corrected chi connectivity index (χ3v) is 6.14. The highest BCUT2D eigenvalue weighted by Crippen LogP contribution is 2.32. The number of aromatic nitrogens is 2. The monoisotopic (exact) mass is 414 g/mol. The standard InChI is InChI=1S/C22H30N4O4/c1-28-18-9-8-16(14-19(18)29-2)20-24-22(30-25-20)26-12-10-15(11-13-26)21(27)23-17-6-4-3-5-7-17/h8-9,14-15,17H,3-7,10-13H2,1-2H3,(H,23,27). The van der Waals surface area contributed by atoms with Crippen molar-refractivity contribution in [1.29, 1.82) is 0 Å².